The van der Waals surface area contributed by atoms with Crippen LogP contribution in [-0.2, 0) is 0 Å². The summed E-state index contributed by atoms with van der Waals surface area (Å²) < 4.78 is 7.87. The van der Waals surface area contributed by atoms with E-state index in [1.807, 2.05) is 31.2 Å². The number of nitrogens with zero attached hydrogens (tertiary/aromatic N) is 4. The van der Waals surface area contributed by atoms with Gasteiger partial charge in [0.05, 0.1) is 16.6 Å². The molecule has 1 aromatic carbocycles. The molecule has 6 heteroatoms. The minimum Gasteiger partial charge on any atom is -0.475 e. The molecule has 0 aliphatic carbocycles. The van der Waals surface area contributed by atoms with Gasteiger partial charge in [-0.05, 0) is 44.4 Å². The van der Waals surface area contributed by atoms with Crippen LogP contribution in [0.2, 0.25) is 0 Å². The van der Waals surface area contributed by atoms with E-state index in [-0.39, 0.29) is 11.8 Å². The third kappa shape index (κ3) is 3.45. The molecule has 2 aromatic heterocycles. The minimum atomic E-state index is -0.116. The second-order valence-electron chi connectivity index (χ2n) is 6.91. The van der Waals surface area contributed by atoms with Gasteiger partial charge in [0, 0.05) is 31.5 Å². The van der Waals surface area contributed by atoms with Gasteiger partial charge in [-0.25, -0.2) is 4.98 Å². The van der Waals surface area contributed by atoms with Gasteiger partial charge in [-0.15, -0.1) is 0 Å². The van der Waals surface area contributed by atoms with Crippen molar-refractivity contribution in [2.75, 3.05) is 13.1 Å². The van der Waals surface area contributed by atoms with Gasteiger partial charge in [-0.2, -0.15) is 0 Å². The Morgan fingerprint density at radius 1 is 1.22 bits per heavy atom. The quantitative estimate of drug-likeness (QED) is 0.695. The molecule has 4 rings (SSSR count). The third-order valence-electron chi connectivity index (χ3n) is 5.08. The zero-order valence-electron chi connectivity index (χ0n) is 15.8. The Morgan fingerprint density at radius 2 is 2.04 bits per heavy atom. The summed E-state index contributed by atoms with van der Waals surface area (Å²) in [4.78, 5) is 24.0. The molecule has 3 heterocycles. The van der Waals surface area contributed by atoms with Crippen LogP contribution in [0.4, 0.5) is 0 Å². The highest BCUT2D eigenvalue weighted by Gasteiger charge is 2.22. The number of rotatable bonds is 5. The Hall–Kier alpha value is -2.73. The number of ether oxygens (including phenoxy) is 1. The number of aryl methyl sites for hydroxylation is 1. The lowest BCUT2D eigenvalue weighted by Gasteiger charge is -2.27. The Morgan fingerprint density at radius 3 is 2.81 bits per heavy atom. The molecule has 1 unspecified atom stereocenters. The van der Waals surface area contributed by atoms with E-state index >= 15 is 0 Å². The van der Waals surface area contributed by atoms with Crippen molar-refractivity contribution in [3.63, 3.8) is 0 Å². The fourth-order valence-electron chi connectivity index (χ4n) is 3.74. The van der Waals surface area contributed by atoms with Crippen molar-refractivity contribution in [2.45, 2.75) is 39.3 Å². The van der Waals surface area contributed by atoms with Crippen LogP contribution in [-0.4, -0.2) is 38.8 Å². The first kappa shape index (κ1) is 17.7. The van der Waals surface area contributed by atoms with Gasteiger partial charge in [-0.3, -0.25) is 19.2 Å². The molecule has 0 spiro atoms. The highest BCUT2D eigenvalue weighted by Crippen LogP contribution is 2.22. The van der Waals surface area contributed by atoms with E-state index in [4.69, 9.17) is 4.74 Å². The van der Waals surface area contributed by atoms with Gasteiger partial charge in [0.15, 0.2) is 6.23 Å². The summed E-state index contributed by atoms with van der Waals surface area (Å²) in [6.45, 7) is 6.15. The molecule has 6 nitrogen and oxygen atoms in total. The molecular formula is C21H24N4O2. The monoisotopic (exact) mass is 364 g/mol. The number of hydrogen-bond donors (Lipinski definition) is 0. The number of likely N-dealkylation sites (tertiary alicyclic amines) is 1. The predicted molar refractivity (Wildman–Crippen MR) is 105 cm³/mol. The summed E-state index contributed by atoms with van der Waals surface area (Å²) in [5.74, 6) is 1.41. The maximum absolute atomic E-state index is 13.0. The van der Waals surface area contributed by atoms with E-state index in [0.29, 0.717) is 16.7 Å². The van der Waals surface area contributed by atoms with E-state index in [2.05, 4.69) is 21.8 Å². The third-order valence-corrected chi connectivity index (χ3v) is 5.08. The molecule has 27 heavy (non-hydrogen) atoms. The van der Waals surface area contributed by atoms with Crippen molar-refractivity contribution in [3.05, 3.63) is 58.9 Å². The van der Waals surface area contributed by atoms with Crippen molar-refractivity contribution in [1.82, 2.24) is 19.4 Å². The zero-order chi connectivity index (χ0) is 18.8. The Kier molecular flexibility index (Phi) is 4.90. The molecule has 0 bridgehead atoms. The highest BCUT2D eigenvalue weighted by molar-refractivity contribution is 5.76. The molecule has 1 atom stereocenters. The molecule has 1 saturated heterocycles. The second kappa shape index (κ2) is 7.48. The van der Waals surface area contributed by atoms with Crippen molar-refractivity contribution in [1.29, 1.82) is 0 Å². The molecule has 1 aliphatic rings. The molecule has 0 radical (unpaired) electrons. The first-order chi connectivity index (χ1) is 13.2. The number of aromatic nitrogens is 3. The Labute approximate surface area is 158 Å². The van der Waals surface area contributed by atoms with Crippen LogP contribution in [0.15, 0.2) is 47.5 Å². The van der Waals surface area contributed by atoms with Crippen LogP contribution < -0.4 is 10.3 Å². The molecule has 140 valence electrons. The summed E-state index contributed by atoms with van der Waals surface area (Å²) in [7, 11) is 0. The van der Waals surface area contributed by atoms with Crippen LogP contribution >= 0.6 is 0 Å². The molecule has 3 aromatic rings. The fourth-order valence-corrected chi connectivity index (χ4v) is 3.74. The summed E-state index contributed by atoms with van der Waals surface area (Å²) >= 11 is 0. The number of hydrogen-bond acceptors (Lipinski definition) is 5. The number of fused-ring (bicyclic) bond motifs is 1. The standard InChI is InChI=1S/C21H24N4O2/c1-3-20(24-11-4-5-12-24)27-17-8-6-7-16(13-17)25-15(2)23-19-9-10-22-14-18(19)21(25)26/h6-10,13-14,20H,3-5,11-12H2,1-2H3. The molecule has 0 amide bonds. The smallest absolute Gasteiger partial charge is 0.267 e. The topological polar surface area (TPSA) is 60.2 Å². The largest absolute Gasteiger partial charge is 0.475 e. The van der Waals surface area contributed by atoms with Crippen LogP contribution in [0.5, 0.6) is 5.75 Å². The number of pyridine rings is 1. The van der Waals surface area contributed by atoms with E-state index in [0.717, 1.165) is 30.9 Å². The summed E-state index contributed by atoms with van der Waals surface area (Å²) in [6.07, 6.45) is 6.67. The molecule has 1 fully saturated rings. The molecule has 1 aliphatic heterocycles. The lowest BCUT2D eigenvalue weighted by Crippen LogP contribution is -2.36. The van der Waals surface area contributed by atoms with Gasteiger partial charge < -0.3 is 4.74 Å². The molecular weight excluding hydrogens is 340 g/mol. The van der Waals surface area contributed by atoms with Gasteiger partial charge in [0.2, 0.25) is 0 Å². The summed E-state index contributed by atoms with van der Waals surface area (Å²) in [5.41, 5.74) is 1.30. The van der Waals surface area contributed by atoms with Crippen LogP contribution in [0.3, 0.4) is 0 Å². The van der Waals surface area contributed by atoms with Crippen LogP contribution in [0.1, 0.15) is 32.0 Å². The van der Waals surface area contributed by atoms with Crippen molar-refractivity contribution >= 4 is 10.9 Å². The zero-order valence-corrected chi connectivity index (χ0v) is 15.8. The minimum absolute atomic E-state index is 0.0690. The maximum Gasteiger partial charge on any atom is 0.267 e. The Bertz CT molecular complexity index is 1010. The summed E-state index contributed by atoms with van der Waals surface area (Å²) in [6, 6.07) is 9.44. The maximum atomic E-state index is 13.0. The normalized spacial score (nSPS) is 15.9. The van der Waals surface area contributed by atoms with Crippen LogP contribution in [0, 0.1) is 6.92 Å². The van der Waals surface area contributed by atoms with Gasteiger partial charge in [0.25, 0.3) is 5.56 Å². The van der Waals surface area contributed by atoms with Gasteiger partial charge >= 0.3 is 0 Å². The molecule has 0 N–H and O–H groups in total. The first-order valence-corrected chi connectivity index (χ1v) is 9.52. The van der Waals surface area contributed by atoms with Crippen molar-refractivity contribution in [3.8, 4) is 11.4 Å². The lowest BCUT2D eigenvalue weighted by atomic mass is 10.2. The van der Waals surface area contributed by atoms with E-state index < -0.39 is 0 Å². The van der Waals surface area contributed by atoms with Crippen LogP contribution in [0.25, 0.3) is 16.6 Å². The average molecular weight is 364 g/mol. The fraction of sp³-hybridized carbons (Fsp3) is 0.381. The molecule has 0 saturated carbocycles. The van der Waals surface area contributed by atoms with Gasteiger partial charge in [0.1, 0.15) is 11.6 Å². The van der Waals surface area contributed by atoms with Crippen molar-refractivity contribution < 1.29 is 4.74 Å². The lowest BCUT2D eigenvalue weighted by molar-refractivity contribution is 0.0402. The van der Waals surface area contributed by atoms with E-state index in [1.165, 1.54) is 12.8 Å². The van der Waals surface area contributed by atoms with Gasteiger partial charge in [-0.1, -0.05) is 13.0 Å². The SMILES string of the molecule is CCC(Oc1cccc(-n2c(C)nc3ccncc3c2=O)c1)N1CCCC1. The van der Waals surface area contributed by atoms with E-state index in [9.17, 15) is 4.79 Å². The predicted octanol–water partition coefficient (Wildman–Crippen LogP) is 3.30. The Balaban J connectivity index is 1.70. The first-order valence-electron chi connectivity index (χ1n) is 9.52. The highest BCUT2D eigenvalue weighted by atomic mass is 16.5. The number of benzene rings is 1. The second-order valence-corrected chi connectivity index (χ2v) is 6.91. The summed E-state index contributed by atoms with van der Waals surface area (Å²) in [5, 5.41) is 0.512. The van der Waals surface area contributed by atoms with E-state index in [1.54, 1.807) is 23.0 Å². The average Bonchev–Trinajstić information content (AvgIpc) is 3.21. The van der Waals surface area contributed by atoms with Crippen molar-refractivity contribution in [2.24, 2.45) is 0 Å².